The zero-order chi connectivity index (χ0) is 24.1. The molecule has 33 heavy (non-hydrogen) atoms. The van der Waals surface area contributed by atoms with Gasteiger partial charge >= 0.3 is 11.9 Å². The van der Waals surface area contributed by atoms with Crippen LogP contribution in [0.5, 0.6) is 5.75 Å². The second-order valence-corrected chi connectivity index (χ2v) is 8.34. The number of methoxy groups -OCH3 is 1. The molecule has 8 nitrogen and oxygen atoms in total. The van der Waals surface area contributed by atoms with Crippen LogP contribution in [0.3, 0.4) is 0 Å². The average molecular weight is 512 g/mol. The van der Waals surface area contributed by atoms with Crippen molar-refractivity contribution < 1.29 is 33.0 Å². The quantitative estimate of drug-likeness (QED) is 0.383. The number of rotatable bonds is 8. The summed E-state index contributed by atoms with van der Waals surface area (Å²) in [5.74, 6) is -1.20. The molecule has 0 aliphatic rings. The molecule has 1 amide bonds. The summed E-state index contributed by atoms with van der Waals surface area (Å²) in [6.45, 7) is 3.42. The highest BCUT2D eigenvalue weighted by Crippen LogP contribution is 2.35. The third-order valence-corrected chi connectivity index (χ3v) is 6.38. The topological polar surface area (TPSA) is 104 Å². The minimum absolute atomic E-state index is 0.00582. The van der Waals surface area contributed by atoms with E-state index in [1.54, 1.807) is 38.1 Å². The van der Waals surface area contributed by atoms with Crippen molar-refractivity contribution in [2.24, 2.45) is 0 Å². The first-order valence-electron chi connectivity index (χ1n) is 9.62. The van der Waals surface area contributed by atoms with E-state index in [-0.39, 0.29) is 39.4 Å². The third kappa shape index (κ3) is 5.50. The number of amides is 1. The van der Waals surface area contributed by atoms with Crippen LogP contribution in [-0.4, -0.2) is 31.6 Å². The van der Waals surface area contributed by atoms with E-state index in [9.17, 15) is 14.4 Å². The summed E-state index contributed by atoms with van der Waals surface area (Å²) in [5.41, 5.74) is 0.428. The van der Waals surface area contributed by atoms with E-state index in [0.717, 1.165) is 11.3 Å². The van der Waals surface area contributed by atoms with Gasteiger partial charge in [-0.1, -0.05) is 29.3 Å². The molecular formula is C22H19Cl2NO7S. The molecule has 0 aliphatic heterocycles. The minimum Gasteiger partial charge on any atom is -0.484 e. The summed E-state index contributed by atoms with van der Waals surface area (Å²) in [4.78, 5) is 37.4. The number of carbonyl (C=O) groups excluding carboxylic acids is 3. The second-order valence-electron chi connectivity index (χ2n) is 6.53. The van der Waals surface area contributed by atoms with Crippen molar-refractivity contribution in [1.82, 2.24) is 0 Å². The summed E-state index contributed by atoms with van der Waals surface area (Å²) in [5, 5.41) is 3.37. The fourth-order valence-electron chi connectivity index (χ4n) is 2.83. The van der Waals surface area contributed by atoms with Gasteiger partial charge in [0.1, 0.15) is 33.0 Å². The average Bonchev–Trinajstić information content (AvgIpc) is 3.39. The number of nitrogens with one attached hydrogen (secondary N) is 1. The number of thiophene rings is 1. The van der Waals surface area contributed by atoms with Gasteiger partial charge in [0, 0.05) is 0 Å². The highest BCUT2D eigenvalue weighted by molar-refractivity contribution is 7.18. The normalized spacial score (nSPS) is 10.6. The number of furan rings is 1. The Labute approximate surface area is 203 Å². The molecule has 0 saturated carbocycles. The van der Waals surface area contributed by atoms with Gasteiger partial charge in [0.15, 0.2) is 5.76 Å². The lowest BCUT2D eigenvalue weighted by molar-refractivity contribution is 0.0531. The van der Waals surface area contributed by atoms with Crippen molar-refractivity contribution in [2.45, 2.75) is 20.5 Å². The summed E-state index contributed by atoms with van der Waals surface area (Å²) < 4.78 is 21.0. The molecule has 0 unspecified atom stereocenters. The van der Waals surface area contributed by atoms with Crippen LogP contribution in [0.25, 0.3) is 0 Å². The second kappa shape index (κ2) is 10.7. The number of hydrogen-bond acceptors (Lipinski definition) is 8. The Morgan fingerprint density at radius 1 is 1.12 bits per heavy atom. The fourth-order valence-corrected chi connectivity index (χ4v) is 4.26. The molecule has 174 valence electrons. The molecule has 0 spiro atoms. The molecule has 2 aromatic heterocycles. The van der Waals surface area contributed by atoms with E-state index in [1.165, 1.54) is 13.2 Å². The van der Waals surface area contributed by atoms with Gasteiger partial charge in [-0.15, -0.1) is 11.3 Å². The Morgan fingerprint density at radius 2 is 1.88 bits per heavy atom. The molecule has 0 saturated heterocycles. The van der Waals surface area contributed by atoms with Crippen molar-refractivity contribution in [2.75, 3.05) is 19.0 Å². The van der Waals surface area contributed by atoms with Gasteiger partial charge in [-0.25, -0.2) is 9.59 Å². The standard InChI is InChI=1S/C22H19Cl2NO7S/c1-4-30-22(28)18-11(2)16(21(27)29-3)20(33-18)25-19(26)15-9-8-12(32-15)10-31-14-7-5-6-13(23)17(14)24/h5-9H,4,10H2,1-3H3,(H,25,26). The zero-order valence-electron chi connectivity index (χ0n) is 17.8. The largest absolute Gasteiger partial charge is 0.484 e. The van der Waals surface area contributed by atoms with Crippen molar-refractivity contribution in [1.29, 1.82) is 0 Å². The Hall–Kier alpha value is -3.01. The molecule has 0 fully saturated rings. The number of benzene rings is 1. The lowest BCUT2D eigenvalue weighted by atomic mass is 10.1. The van der Waals surface area contributed by atoms with Crippen LogP contribution in [-0.2, 0) is 16.1 Å². The fraction of sp³-hybridized carbons (Fsp3) is 0.227. The number of ether oxygens (including phenoxy) is 3. The lowest BCUT2D eigenvalue weighted by Crippen LogP contribution is -2.13. The molecule has 0 atom stereocenters. The van der Waals surface area contributed by atoms with Crippen LogP contribution in [0.4, 0.5) is 5.00 Å². The van der Waals surface area contributed by atoms with Crippen LogP contribution < -0.4 is 10.1 Å². The third-order valence-electron chi connectivity index (χ3n) is 4.40. The van der Waals surface area contributed by atoms with Gasteiger partial charge in [0.05, 0.1) is 24.3 Å². The zero-order valence-corrected chi connectivity index (χ0v) is 20.2. The lowest BCUT2D eigenvalue weighted by Gasteiger charge is -2.07. The number of halogens is 2. The van der Waals surface area contributed by atoms with E-state index in [2.05, 4.69) is 5.32 Å². The van der Waals surface area contributed by atoms with Gasteiger partial charge in [-0.2, -0.15) is 0 Å². The number of hydrogen-bond donors (Lipinski definition) is 1. The molecule has 3 rings (SSSR count). The van der Waals surface area contributed by atoms with Gasteiger partial charge in [0.25, 0.3) is 5.91 Å². The highest BCUT2D eigenvalue weighted by atomic mass is 35.5. The summed E-state index contributed by atoms with van der Waals surface area (Å²) in [7, 11) is 1.21. The number of carbonyl (C=O) groups is 3. The van der Waals surface area contributed by atoms with Gasteiger partial charge in [-0.05, 0) is 43.7 Å². The SMILES string of the molecule is CCOC(=O)c1sc(NC(=O)c2ccc(COc3cccc(Cl)c3Cl)o2)c(C(=O)OC)c1C. The van der Waals surface area contributed by atoms with Crippen molar-refractivity contribution in [3.8, 4) is 5.75 Å². The minimum atomic E-state index is -0.693. The van der Waals surface area contributed by atoms with Gasteiger partial charge in [0.2, 0.25) is 0 Å². The summed E-state index contributed by atoms with van der Waals surface area (Å²) in [6, 6.07) is 8.00. The van der Waals surface area contributed by atoms with Crippen LogP contribution in [0.1, 0.15) is 48.8 Å². The molecule has 11 heteroatoms. The molecule has 1 aromatic carbocycles. The van der Waals surface area contributed by atoms with E-state index in [4.69, 9.17) is 41.8 Å². The maximum Gasteiger partial charge on any atom is 0.348 e. The molecule has 1 N–H and O–H groups in total. The predicted octanol–water partition coefficient (Wildman–Crippen LogP) is 5.75. The van der Waals surface area contributed by atoms with Crippen molar-refractivity contribution >= 4 is 57.4 Å². The number of anilines is 1. The van der Waals surface area contributed by atoms with Crippen molar-refractivity contribution in [3.05, 3.63) is 67.9 Å². The predicted molar refractivity (Wildman–Crippen MR) is 124 cm³/mol. The van der Waals surface area contributed by atoms with E-state index < -0.39 is 17.8 Å². The molecular weight excluding hydrogens is 493 g/mol. The molecule has 0 radical (unpaired) electrons. The molecule has 2 heterocycles. The smallest absolute Gasteiger partial charge is 0.348 e. The Balaban J connectivity index is 1.77. The number of esters is 2. The van der Waals surface area contributed by atoms with E-state index >= 15 is 0 Å². The van der Waals surface area contributed by atoms with Crippen LogP contribution in [0, 0.1) is 6.92 Å². The van der Waals surface area contributed by atoms with Gasteiger partial charge < -0.3 is 23.9 Å². The first kappa shape index (κ1) is 24.6. The monoisotopic (exact) mass is 511 g/mol. The van der Waals surface area contributed by atoms with E-state index in [0.29, 0.717) is 22.1 Å². The summed E-state index contributed by atoms with van der Waals surface area (Å²) >= 11 is 13.0. The summed E-state index contributed by atoms with van der Waals surface area (Å²) in [6.07, 6.45) is 0. The first-order chi connectivity index (χ1) is 15.8. The van der Waals surface area contributed by atoms with Crippen LogP contribution in [0.15, 0.2) is 34.7 Å². The Bertz CT molecular complexity index is 1200. The van der Waals surface area contributed by atoms with Crippen LogP contribution in [0.2, 0.25) is 10.0 Å². The van der Waals surface area contributed by atoms with E-state index in [1.807, 2.05) is 0 Å². The highest BCUT2D eigenvalue weighted by Gasteiger charge is 2.27. The van der Waals surface area contributed by atoms with Crippen LogP contribution >= 0.6 is 34.5 Å². The Kier molecular flexibility index (Phi) is 8.01. The van der Waals surface area contributed by atoms with Crippen molar-refractivity contribution in [3.63, 3.8) is 0 Å². The first-order valence-corrected chi connectivity index (χ1v) is 11.2. The Morgan fingerprint density at radius 3 is 2.58 bits per heavy atom. The molecule has 3 aromatic rings. The molecule has 0 bridgehead atoms. The molecule has 0 aliphatic carbocycles. The maximum atomic E-state index is 12.7. The van der Waals surface area contributed by atoms with Gasteiger partial charge in [-0.3, -0.25) is 4.79 Å². The maximum absolute atomic E-state index is 12.7.